The van der Waals surface area contributed by atoms with Gasteiger partial charge in [-0.25, -0.2) is 0 Å². The minimum atomic E-state index is -4.49. The molecule has 30 heavy (non-hydrogen) atoms. The molecule has 0 heterocycles. The van der Waals surface area contributed by atoms with Crippen LogP contribution >= 0.6 is 0 Å². The van der Waals surface area contributed by atoms with Crippen molar-refractivity contribution in [1.82, 2.24) is 4.72 Å². The first-order valence-corrected chi connectivity index (χ1v) is 14.1. The lowest BCUT2D eigenvalue weighted by atomic mass is 9.96. The lowest BCUT2D eigenvalue weighted by molar-refractivity contribution is -0.137. The van der Waals surface area contributed by atoms with Crippen LogP contribution in [0.3, 0.4) is 0 Å². The topological polar surface area (TPSA) is 44.3 Å². The summed E-state index contributed by atoms with van der Waals surface area (Å²) in [5.41, 5.74) is -0.181. The van der Waals surface area contributed by atoms with Crippen molar-refractivity contribution in [2.24, 2.45) is 0 Å². The van der Waals surface area contributed by atoms with Crippen LogP contribution in [-0.2, 0) is 22.0 Å². The Morgan fingerprint density at radius 2 is 1.70 bits per heavy atom. The lowest BCUT2D eigenvalue weighted by Gasteiger charge is -2.35. The smallest absolute Gasteiger partial charge is 0.416 e. The van der Waals surface area contributed by atoms with Crippen molar-refractivity contribution in [1.29, 1.82) is 0 Å². The zero-order chi connectivity index (χ0) is 23.5. The van der Waals surface area contributed by atoms with Crippen LogP contribution in [0.25, 0.3) is 6.08 Å². The highest BCUT2D eigenvalue weighted by molar-refractivity contribution is 7.90. The SMILES string of the molecule is C[C@@H](N[S+]([O-])C(C)(C)C)c1cccc(C(F)(F)F)c1/C=C\CO[Si](C)(C)C(C)(C)C. The van der Waals surface area contributed by atoms with Crippen LogP contribution in [0.1, 0.15) is 71.2 Å². The summed E-state index contributed by atoms with van der Waals surface area (Å²) in [5.74, 6) is 0. The molecule has 1 rings (SSSR count). The summed E-state index contributed by atoms with van der Waals surface area (Å²) in [5, 5.41) is 0.0192. The van der Waals surface area contributed by atoms with Crippen molar-refractivity contribution >= 4 is 25.8 Å². The largest absolute Gasteiger partial charge is 0.598 e. The van der Waals surface area contributed by atoms with Gasteiger partial charge in [0.15, 0.2) is 8.32 Å². The Balaban J connectivity index is 3.21. The molecule has 3 nitrogen and oxygen atoms in total. The van der Waals surface area contributed by atoms with E-state index >= 15 is 0 Å². The Bertz CT molecular complexity index is 737. The van der Waals surface area contributed by atoms with Crippen LogP contribution in [0.15, 0.2) is 24.3 Å². The molecule has 1 unspecified atom stereocenters. The molecule has 2 atom stereocenters. The first kappa shape index (κ1) is 27.2. The molecule has 0 spiro atoms. The van der Waals surface area contributed by atoms with E-state index in [1.807, 2.05) is 20.8 Å². The second-order valence-corrected chi connectivity index (χ2v) is 16.8. The average Bonchev–Trinajstić information content (AvgIpc) is 2.55. The van der Waals surface area contributed by atoms with Gasteiger partial charge in [-0.15, -0.1) is 4.72 Å². The Labute approximate surface area is 183 Å². The van der Waals surface area contributed by atoms with Crippen LogP contribution in [0.5, 0.6) is 0 Å². The maximum atomic E-state index is 13.7. The van der Waals surface area contributed by atoms with Gasteiger partial charge in [0.1, 0.15) is 4.75 Å². The number of benzene rings is 1. The van der Waals surface area contributed by atoms with E-state index in [0.717, 1.165) is 6.07 Å². The molecule has 0 bridgehead atoms. The highest BCUT2D eigenvalue weighted by Crippen LogP contribution is 2.38. The molecule has 0 fully saturated rings. The third kappa shape index (κ3) is 7.41. The number of hydrogen-bond donors (Lipinski definition) is 1. The van der Waals surface area contributed by atoms with E-state index in [4.69, 9.17) is 4.43 Å². The van der Waals surface area contributed by atoms with E-state index in [1.165, 1.54) is 12.1 Å². The fourth-order valence-electron chi connectivity index (χ4n) is 2.43. The highest BCUT2D eigenvalue weighted by atomic mass is 32.2. The van der Waals surface area contributed by atoms with E-state index in [2.05, 4.69) is 38.6 Å². The van der Waals surface area contributed by atoms with Crippen LogP contribution in [-0.4, -0.2) is 24.2 Å². The van der Waals surface area contributed by atoms with E-state index in [0.29, 0.717) is 5.56 Å². The number of nitrogens with one attached hydrogen (secondary N) is 1. The van der Waals surface area contributed by atoms with Crippen molar-refractivity contribution in [2.75, 3.05) is 6.61 Å². The van der Waals surface area contributed by atoms with E-state index in [-0.39, 0.29) is 17.2 Å². The Hall–Kier alpha value is -0.803. The molecule has 1 aromatic rings. The number of hydrogen-bond acceptors (Lipinski definition) is 3. The van der Waals surface area contributed by atoms with E-state index in [1.54, 1.807) is 19.1 Å². The third-order valence-corrected chi connectivity index (χ3v) is 11.6. The molecule has 1 aromatic carbocycles. The van der Waals surface area contributed by atoms with Gasteiger partial charge in [0, 0.05) is 11.4 Å². The van der Waals surface area contributed by atoms with Crippen molar-refractivity contribution in [3.05, 3.63) is 41.0 Å². The van der Waals surface area contributed by atoms with Crippen LogP contribution in [0, 0.1) is 0 Å². The molecule has 0 radical (unpaired) electrons. The molecule has 8 heteroatoms. The summed E-state index contributed by atoms with van der Waals surface area (Å²) in [6.45, 7) is 18.0. The van der Waals surface area contributed by atoms with E-state index < -0.39 is 42.2 Å². The fraction of sp³-hybridized carbons (Fsp3) is 0.636. The molecule has 0 amide bonds. The number of halogens is 3. The standard InChI is InChI=1S/C22H36F3NO2SSi/c1-16(26-29(27)20(2,3)4)17-12-10-14-19(22(23,24)25)18(17)13-11-15-28-30(8,9)21(5,6)7/h10-14,16,26H,15H2,1-9H3/b13-11-/t16-,29?/m1/s1. The van der Waals surface area contributed by atoms with Crippen molar-refractivity contribution in [2.45, 2.75) is 83.6 Å². The van der Waals surface area contributed by atoms with Gasteiger partial charge in [0.05, 0.1) is 18.2 Å². The summed E-state index contributed by atoms with van der Waals surface area (Å²) in [4.78, 5) is 0. The van der Waals surface area contributed by atoms with Gasteiger partial charge in [-0.2, -0.15) is 13.2 Å². The van der Waals surface area contributed by atoms with Crippen molar-refractivity contribution in [3.63, 3.8) is 0 Å². The second-order valence-electron chi connectivity index (χ2n) is 10.0. The maximum Gasteiger partial charge on any atom is 0.416 e. The molecule has 0 saturated carbocycles. The predicted octanol–water partition coefficient (Wildman–Crippen LogP) is 6.85. The minimum Gasteiger partial charge on any atom is -0.598 e. The van der Waals surface area contributed by atoms with Crippen molar-refractivity contribution in [3.8, 4) is 0 Å². The molecular weight excluding hydrogens is 427 g/mol. The summed E-state index contributed by atoms with van der Waals surface area (Å²) in [6.07, 6.45) is -1.37. The average molecular weight is 464 g/mol. The van der Waals surface area contributed by atoms with Crippen LogP contribution < -0.4 is 4.72 Å². The number of rotatable bonds is 7. The number of alkyl halides is 3. The highest BCUT2D eigenvalue weighted by Gasteiger charge is 2.37. The molecule has 0 saturated heterocycles. The van der Waals surface area contributed by atoms with Gasteiger partial charge in [-0.3, -0.25) is 0 Å². The summed E-state index contributed by atoms with van der Waals surface area (Å²) in [7, 11) is -2.00. The van der Waals surface area contributed by atoms with Crippen LogP contribution in [0.4, 0.5) is 13.2 Å². The first-order chi connectivity index (χ1) is 13.4. The fourth-order valence-corrected chi connectivity index (χ4v) is 4.18. The molecule has 0 aliphatic carbocycles. The van der Waals surface area contributed by atoms with E-state index in [9.17, 15) is 17.7 Å². The minimum absolute atomic E-state index is 0.0192. The molecule has 0 aliphatic heterocycles. The molecule has 0 aliphatic rings. The quantitative estimate of drug-likeness (QED) is 0.355. The summed E-state index contributed by atoms with van der Waals surface area (Å²) in [6, 6.07) is 3.58. The van der Waals surface area contributed by atoms with Gasteiger partial charge in [-0.05, 0) is 63.0 Å². The molecule has 0 aromatic heterocycles. The molecular formula is C22H36F3NO2SSi. The summed E-state index contributed by atoms with van der Waals surface area (Å²) < 4.78 is 61.9. The second kappa shape index (κ2) is 9.77. The summed E-state index contributed by atoms with van der Waals surface area (Å²) >= 11 is -1.41. The van der Waals surface area contributed by atoms with Gasteiger partial charge in [0.2, 0.25) is 0 Å². The van der Waals surface area contributed by atoms with Crippen molar-refractivity contribution < 1.29 is 22.2 Å². The van der Waals surface area contributed by atoms with Crippen LogP contribution in [0.2, 0.25) is 18.1 Å². The maximum absolute atomic E-state index is 13.7. The van der Waals surface area contributed by atoms with Gasteiger partial charge >= 0.3 is 6.18 Å². The monoisotopic (exact) mass is 463 g/mol. The lowest BCUT2D eigenvalue weighted by Crippen LogP contribution is -2.40. The van der Waals surface area contributed by atoms with Gasteiger partial charge in [-0.1, -0.05) is 45.1 Å². The Kier molecular flexibility index (Phi) is 8.87. The Morgan fingerprint density at radius 1 is 1.13 bits per heavy atom. The first-order valence-electron chi connectivity index (χ1n) is 10.1. The normalized spacial score (nSPS) is 16.2. The predicted molar refractivity (Wildman–Crippen MR) is 123 cm³/mol. The molecule has 172 valence electrons. The Morgan fingerprint density at radius 3 is 2.17 bits per heavy atom. The molecule has 1 N–H and O–H groups in total. The third-order valence-electron chi connectivity index (χ3n) is 5.38. The van der Waals surface area contributed by atoms with Gasteiger partial charge in [0.25, 0.3) is 0 Å². The van der Waals surface area contributed by atoms with Gasteiger partial charge < -0.3 is 8.98 Å². The zero-order valence-electron chi connectivity index (χ0n) is 19.5. The zero-order valence-corrected chi connectivity index (χ0v) is 21.3.